The predicted molar refractivity (Wildman–Crippen MR) is 90.6 cm³/mol. The Morgan fingerprint density at radius 2 is 1.96 bits per heavy atom. The first-order chi connectivity index (χ1) is 12.3. The lowest BCUT2D eigenvalue weighted by molar-refractivity contribution is -0.134. The van der Waals surface area contributed by atoms with Crippen molar-refractivity contribution in [2.45, 2.75) is 32.9 Å². The molecule has 0 atom stereocenters. The Hall–Kier alpha value is -3.23. The van der Waals surface area contributed by atoms with Crippen LogP contribution >= 0.6 is 0 Å². The maximum Gasteiger partial charge on any atom is 0.325 e. The molecule has 1 saturated heterocycles. The summed E-state index contributed by atoms with van der Waals surface area (Å²) in [6.45, 7) is 4.87. The Bertz CT molecular complexity index is 856. The van der Waals surface area contributed by atoms with E-state index in [1.807, 2.05) is 24.3 Å². The predicted octanol–water partition coefficient (Wildman–Crippen LogP) is 0.992. The SMILES string of the molecule is Cc1nc(-c2ccc(CNC(=O)CN3C(=O)NC(C)(C)C3=O)cc2)no1. The highest BCUT2D eigenvalue weighted by molar-refractivity contribution is 6.08. The number of aryl methyl sites for hydroxylation is 1. The molecular formula is C17H19N5O4. The van der Waals surface area contributed by atoms with Crippen LogP contribution in [-0.4, -0.2) is 45.0 Å². The van der Waals surface area contributed by atoms with Crippen LogP contribution < -0.4 is 10.6 Å². The molecule has 9 nitrogen and oxygen atoms in total. The van der Waals surface area contributed by atoms with Crippen LogP contribution in [0.4, 0.5) is 4.79 Å². The molecule has 0 radical (unpaired) electrons. The molecule has 1 aromatic heterocycles. The van der Waals surface area contributed by atoms with Crippen molar-refractivity contribution in [2.75, 3.05) is 6.54 Å². The smallest absolute Gasteiger partial charge is 0.325 e. The summed E-state index contributed by atoms with van der Waals surface area (Å²) in [5.41, 5.74) is 0.680. The number of nitrogens with zero attached hydrogens (tertiary/aromatic N) is 3. The van der Waals surface area contributed by atoms with Crippen LogP contribution in [0.25, 0.3) is 11.4 Å². The van der Waals surface area contributed by atoms with E-state index in [9.17, 15) is 14.4 Å². The summed E-state index contributed by atoms with van der Waals surface area (Å²) < 4.78 is 4.94. The van der Waals surface area contributed by atoms with Crippen LogP contribution in [0.1, 0.15) is 25.3 Å². The second kappa shape index (κ2) is 6.58. The minimum atomic E-state index is -0.985. The zero-order chi connectivity index (χ0) is 18.9. The van der Waals surface area contributed by atoms with Gasteiger partial charge in [-0.1, -0.05) is 29.4 Å². The first kappa shape index (κ1) is 17.6. The molecule has 0 unspecified atom stereocenters. The molecule has 3 rings (SSSR count). The highest BCUT2D eigenvalue weighted by atomic mass is 16.5. The van der Waals surface area contributed by atoms with Gasteiger partial charge in [0.25, 0.3) is 5.91 Å². The highest BCUT2D eigenvalue weighted by Crippen LogP contribution is 2.17. The summed E-state index contributed by atoms with van der Waals surface area (Å²) in [4.78, 5) is 40.9. The van der Waals surface area contributed by atoms with Gasteiger partial charge in [-0.25, -0.2) is 4.79 Å². The average molecular weight is 357 g/mol. The van der Waals surface area contributed by atoms with E-state index in [1.54, 1.807) is 20.8 Å². The first-order valence-corrected chi connectivity index (χ1v) is 8.07. The zero-order valence-electron chi connectivity index (χ0n) is 14.7. The van der Waals surface area contributed by atoms with Crippen LogP contribution in [0.3, 0.4) is 0 Å². The van der Waals surface area contributed by atoms with Crippen molar-refractivity contribution in [1.29, 1.82) is 0 Å². The van der Waals surface area contributed by atoms with E-state index in [1.165, 1.54) is 0 Å². The van der Waals surface area contributed by atoms with E-state index in [4.69, 9.17) is 4.52 Å². The molecule has 1 fully saturated rings. The van der Waals surface area contributed by atoms with Gasteiger partial charge in [0.2, 0.25) is 17.6 Å². The Labute approximate surface area is 149 Å². The fourth-order valence-electron chi connectivity index (χ4n) is 2.55. The van der Waals surface area contributed by atoms with Gasteiger partial charge < -0.3 is 15.2 Å². The summed E-state index contributed by atoms with van der Waals surface area (Å²) >= 11 is 0. The van der Waals surface area contributed by atoms with Gasteiger partial charge in [-0.05, 0) is 19.4 Å². The van der Waals surface area contributed by atoms with Gasteiger partial charge in [0.05, 0.1) is 0 Å². The molecule has 0 bridgehead atoms. The van der Waals surface area contributed by atoms with Gasteiger partial charge in [-0.3, -0.25) is 14.5 Å². The van der Waals surface area contributed by atoms with Crippen molar-refractivity contribution in [3.05, 3.63) is 35.7 Å². The number of aromatic nitrogens is 2. The monoisotopic (exact) mass is 357 g/mol. The third-order valence-electron chi connectivity index (χ3n) is 3.98. The number of imide groups is 1. The lowest BCUT2D eigenvalue weighted by atomic mass is 10.1. The van der Waals surface area contributed by atoms with E-state index in [0.29, 0.717) is 11.7 Å². The number of hydrogen-bond acceptors (Lipinski definition) is 6. The number of amides is 4. The summed E-state index contributed by atoms with van der Waals surface area (Å²) in [5.74, 6) is 0.153. The second-order valence-electron chi connectivity index (χ2n) is 6.56. The zero-order valence-corrected chi connectivity index (χ0v) is 14.7. The maximum absolute atomic E-state index is 12.1. The number of nitrogens with one attached hydrogen (secondary N) is 2. The Balaban J connectivity index is 1.55. The quantitative estimate of drug-likeness (QED) is 0.771. The van der Waals surface area contributed by atoms with E-state index < -0.39 is 23.4 Å². The molecule has 0 aliphatic carbocycles. The minimum Gasteiger partial charge on any atom is -0.350 e. The normalized spacial score (nSPS) is 15.9. The van der Waals surface area contributed by atoms with E-state index in [-0.39, 0.29) is 13.1 Å². The van der Waals surface area contributed by atoms with Crippen molar-refractivity contribution in [3.8, 4) is 11.4 Å². The molecule has 1 aliphatic heterocycles. The van der Waals surface area contributed by atoms with Gasteiger partial charge >= 0.3 is 6.03 Å². The number of benzene rings is 1. The molecule has 2 N–H and O–H groups in total. The molecule has 0 spiro atoms. The van der Waals surface area contributed by atoms with Crippen LogP contribution in [-0.2, 0) is 16.1 Å². The second-order valence-corrected chi connectivity index (χ2v) is 6.56. The van der Waals surface area contributed by atoms with Gasteiger partial charge in [-0.2, -0.15) is 4.98 Å². The standard InChI is InChI=1S/C17H19N5O4/c1-10-19-14(21-26-10)12-6-4-11(5-7-12)8-18-13(23)9-22-15(24)17(2,3)20-16(22)25/h4-7H,8-9H2,1-3H3,(H,18,23)(H,20,25). The number of hydrogen-bond donors (Lipinski definition) is 2. The maximum atomic E-state index is 12.1. The fraction of sp³-hybridized carbons (Fsp3) is 0.353. The van der Waals surface area contributed by atoms with Gasteiger partial charge in [-0.15, -0.1) is 0 Å². The summed E-state index contributed by atoms with van der Waals surface area (Å²) in [5, 5.41) is 9.07. The molecule has 2 aromatic rings. The van der Waals surface area contributed by atoms with Crippen molar-refractivity contribution < 1.29 is 18.9 Å². The molecule has 2 heterocycles. The van der Waals surface area contributed by atoms with Crippen molar-refractivity contribution in [2.24, 2.45) is 0 Å². The van der Waals surface area contributed by atoms with Gasteiger partial charge in [0, 0.05) is 19.0 Å². The summed E-state index contributed by atoms with van der Waals surface area (Å²) in [6, 6.07) is 6.75. The van der Waals surface area contributed by atoms with E-state index in [0.717, 1.165) is 16.0 Å². The molecule has 136 valence electrons. The molecule has 4 amide bonds. The number of rotatable bonds is 5. The third kappa shape index (κ3) is 3.56. The van der Waals surface area contributed by atoms with E-state index >= 15 is 0 Å². The van der Waals surface area contributed by atoms with Crippen molar-refractivity contribution >= 4 is 17.8 Å². The number of carbonyl (C=O) groups is 3. The number of carbonyl (C=O) groups excluding carboxylic acids is 3. The highest BCUT2D eigenvalue weighted by Gasteiger charge is 2.44. The first-order valence-electron chi connectivity index (χ1n) is 8.07. The van der Waals surface area contributed by atoms with Crippen LogP contribution in [0, 0.1) is 6.92 Å². The van der Waals surface area contributed by atoms with Crippen LogP contribution in [0.15, 0.2) is 28.8 Å². The molecule has 9 heteroatoms. The van der Waals surface area contributed by atoms with Crippen LogP contribution in [0.5, 0.6) is 0 Å². The topological polar surface area (TPSA) is 117 Å². The molecular weight excluding hydrogens is 338 g/mol. The summed E-state index contributed by atoms with van der Waals surface area (Å²) in [6.07, 6.45) is 0. The van der Waals surface area contributed by atoms with Crippen LogP contribution in [0.2, 0.25) is 0 Å². The molecule has 1 aliphatic rings. The lowest BCUT2D eigenvalue weighted by Crippen LogP contribution is -2.43. The van der Waals surface area contributed by atoms with E-state index in [2.05, 4.69) is 20.8 Å². The third-order valence-corrected chi connectivity index (χ3v) is 3.98. The molecule has 1 aromatic carbocycles. The van der Waals surface area contributed by atoms with Gasteiger partial charge in [0.1, 0.15) is 12.1 Å². The average Bonchev–Trinajstić information content (AvgIpc) is 3.10. The Morgan fingerprint density at radius 1 is 1.27 bits per heavy atom. The van der Waals surface area contributed by atoms with Gasteiger partial charge in [0.15, 0.2) is 0 Å². The minimum absolute atomic E-state index is 0.275. The van der Waals surface area contributed by atoms with Crippen molar-refractivity contribution in [1.82, 2.24) is 25.7 Å². The Morgan fingerprint density at radius 3 is 2.50 bits per heavy atom. The Kier molecular flexibility index (Phi) is 4.45. The fourth-order valence-corrected chi connectivity index (χ4v) is 2.55. The van der Waals surface area contributed by atoms with Crippen molar-refractivity contribution in [3.63, 3.8) is 0 Å². The molecule has 26 heavy (non-hydrogen) atoms. The molecule has 0 saturated carbocycles. The summed E-state index contributed by atoms with van der Waals surface area (Å²) in [7, 11) is 0. The number of urea groups is 1. The lowest BCUT2D eigenvalue weighted by Gasteiger charge is -2.15. The largest absolute Gasteiger partial charge is 0.350 e.